The molecule has 1 aliphatic heterocycles. The van der Waals surface area contributed by atoms with Crippen LogP contribution in [0.4, 0.5) is 0 Å². The molecule has 2 bridgehead atoms. The summed E-state index contributed by atoms with van der Waals surface area (Å²) in [6.45, 7) is 3.83. The van der Waals surface area contributed by atoms with Crippen molar-refractivity contribution < 1.29 is 9.59 Å². The number of benzene rings is 1. The molecule has 1 aromatic rings. The highest BCUT2D eigenvalue weighted by Crippen LogP contribution is 2.87. The number of amides is 2. The average Bonchev–Trinajstić information content (AvgIpc) is 3.24. The van der Waals surface area contributed by atoms with E-state index < -0.39 is 0 Å². The van der Waals surface area contributed by atoms with E-state index in [4.69, 9.17) is 23.2 Å². The van der Waals surface area contributed by atoms with Gasteiger partial charge in [0, 0.05) is 49.2 Å². The Morgan fingerprint density at radius 1 is 1.03 bits per heavy atom. The van der Waals surface area contributed by atoms with Crippen molar-refractivity contribution in [3.63, 3.8) is 0 Å². The van der Waals surface area contributed by atoms with E-state index in [-0.39, 0.29) is 23.8 Å². The van der Waals surface area contributed by atoms with E-state index in [9.17, 15) is 9.59 Å². The van der Waals surface area contributed by atoms with Gasteiger partial charge < -0.3 is 10.2 Å². The van der Waals surface area contributed by atoms with Crippen LogP contribution in [0, 0.1) is 28.6 Å². The minimum absolute atomic E-state index is 0.0270. The van der Waals surface area contributed by atoms with Crippen molar-refractivity contribution in [3.8, 4) is 0 Å². The maximum atomic E-state index is 12.8. The van der Waals surface area contributed by atoms with Crippen LogP contribution in [-0.4, -0.2) is 54.3 Å². The SMILES string of the molecule is O=C(CC12CC3CC4CC(C1)C42C3)NCC(=O)N1CCN(Cc2ccc(Cl)cc2Cl)CC1. The number of piperazine rings is 1. The molecule has 7 heteroatoms. The molecule has 172 valence electrons. The predicted molar refractivity (Wildman–Crippen MR) is 124 cm³/mol. The summed E-state index contributed by atoms with van der Waals surface area (Å²) in [6.07, 6.45) is 7.34. The summed E-state index contributed by atoms with van der Waals surface area (Å²) in [6, 6.07) is 5.59. The maximum Gasteiger partial charge on any atom is 0.242 e. The molecule has 4 aliphatic carbocycles. The van der Waals surface area contributed by atoms with Crippen LogP contribution in [0.2, 0.25) is 10.0 Å². The quantitative estimate of drug-likeness (QED) is 0.676. The van der Waals surface area contributed by atoms with Gasteiger partial charge in [0.25, 0.3) is 0 Å². The zero-order chi connectivity index (χ0) is 22.1. The number of halogens is 2. The number of nitrogens with zero attached hydrogens (tertiary/aromatic N) is 2. The van der Waals surface area contributed by atoms with Crippen LogP contribution < -0.4 is 5.32 Å². The molecule has 6 rings (SSSR count). The number of carbonyl (C=O) groups excluding carboxylic acids is 2. The third-order valence-corrected chi connectivity index (χ3v) is 10.2. The number of nitrogens with one attached hydrogen (secondary N) is 1. The van der Waals surface area contributed by atoms with Gasteiger partial charge in [-0.3, -0.25) is 14.5 Å². The Bertz CT molecular complexity index is 963. The number of hydrogen-bond donors (Lipinski definition) is 1. The maximum absolute atomic E-state index is 12.8. The fourth-order valence-corrected chi connectivity index (χ4v) is 8.88. The van der Waals surface area contributed by atoms with Gasteiger partial charge in [-0.2, -0.15) is 0 Å². The molecule has 5 aliphatic rings. The standard InChI is InChI=1S/C25H31Cl2N3O2/c26-20-2-1-17(21(27)9-20)15-29-3-5-30(6-4-29)23(32)14-28-22(31)13-24-10-16-7-18-8-19(12-24)25(18,24)11-16/h1-2,9,16,18-19H,3-8,10-15H2,(H,28,31). The number of rotatable bonds is 6. The topological polar surface area (TPSA) is 52.7 Å². The molecule has 0 aromatic heterocycles. The molecule has 5 fully saturated rings. The molecule has 1 N–H and O–H groups in total. The fourth-order valence-electron chi connectivity index (χ4n) is 8.41. The Kier molecular flexibility index (Phi) is 5.05. The molecule has 5 atom stereocenters. The molecule has 1 saturated heterocycles. The Morgan fingerprint density at radius 3 is 2.56 bits per heavy atom. The number of fused-ring (bicyclic) bond motifs is 1. The molecule has 2 amide bonds. The molecular weight excluding hydrogens is 445 g/mol. The van der Waals surface area contributed by atoms with Gasteiger partial charge in [0.15, 0.2) is 0 Å². The van der Waals surface area contributed by atoms with E-state index in [0.717, 1.165) is 43.0 Å². The van der Waals surface area contributed by atoms with Crippen LogP contribution in [-0.2, 0) is 16.1 Å². The van der Waals surface area contributed by atoms with Gasteiger partial charge in [0.2, 0.25) is 11.8 Å². The molecule has 1 heterocycles. The van der Waals surface area contributed by atoms with E-state index in [1.807, 2.05) is 17.0 Å². The summed E-state index contributed by atoms with van der Waals surface area (Å²) in [5.74, 6) is 2.77. The molecule has 32 heavy (non-hydrogen) atoms. The van der Waals surface area contributed by atoms with Crippen LogP contribution in [0.5, 0.6) is 0 Å². The summed E-state index contributed by atoms with van der Waals surface area (Å²) < 4.78 is 0. The number of carbonyl (C=O) groups is 2. The summed E-state index contributed by atoms with van der Waals surface area (Å²) in [5.41, 5.74) is 1.84. The van der Waals surface area contributed by atoms with Gasteiger partial charge in [-0.05, 0) is 78.4 Å². The highest BCUT2D eigenvalue weighted by atomic mass is 35.5. The lowest BCUT2D eigenvalue weighted by molar-refractivity contribution is -0.245. The second-order valence-electron chi connectivity index (χ2n) is 11.0. The van der Waals surface area contributed by atoms with Gasteiger partial charge in [-0.15, -0.1) is 0 Å². The lowest BCUT2D eigenvalue weighted by atomic mass is 9.31. The van der Waals surface area contributed by atoms with E-state index >= 15 is 0 Å². The summed E-state index contributed by atoms with van der Waals surface area (Å²) in [4.78, 5) is 29.6. The second kappa shape index (κ2) is 7.61. The minimum Gasteiger partial charge on any atom is -0.347 e. The second-order valence-corrected chi connectivity index (χ2v) is 11.9. The predicted octanol–water partition coefficient (Wildman–Crippen LogP) is 3.97. The molecule has 4 saturated carbocycles. The van der Waals surface area contributed by atoms with Crippen molar-refractivity contribution in [2.45, 2.75) is 45.1 Å². The summed E-state index contributed by atoms with van der Waals surface area (Å²) >= 11 is 12.3. The first-order chi connectivity index (χ1) is 15.4. The van der Waals surface area contributed by atoms with Crippen LogP contribution in [0.25, 0.3) is 0 Å². The average molecular weight is 476 g/mol. The van der Waals surface area contributed by atoms with Crippen molar-refractivity contribution in [3.05, 3.63) is 33.8 Å². The monoisotopic (exact) mass is 475 g/mol. The molecule has 5 nitrogen and oxygen atoms in total. The zero-order valence-electron chi connectivity index (χ0n) is 18.4. The Balaban J connectivity index is 0.959. The lowest BCUT2D eigenvalue weighted by Crippen LogP contribution is -2.67. The Labute approximate surface area is 199 Å². The minimum atomic E-state index is 0.0270. The van der Waals surface area contributed by atoms with Crippen LogP contribution in [0.15, 0.2) is 18.2 Å². The molecule has 1 spiro atoms. The van der Waals surface area contributed by atoms with E-state index in [1.54, 1.807) is 6.07 Å². The van der Waals surface area contributed by atoms with E-state index in [0.29, 0.717) is 35.0 Å². The highest BCUT2D eigenvalue weighted by Gasteiger charge is 2.80. The lowest BCUT2D eigenvalue weighted by Gasteiger charge is -2.73. The zero-order valence-corrected chi connectivity index (χ0v) is 19.9. The first-order valence-corrected chi connectivity index (χ1v) is 12.8. The van der Waals surface area contributed by atoms with Crippen molar-refractivity contribution in [2.75, 3.05) is 32.7 Å². The summed E-state index contributed by atoms with van der Waals surface area (Å²) in [7, 11) is 0. The molecule has 5 unspecified atom stereocenters. The van der Waals surface area contributed by atoms with Gasteiger partial charge in [0.1, 0.15) is 0 Å². The fraction of sp³-hybridized carbons (Fsp3) is 0.680. The van der Waals surface area contributed by atoms with Crippen LogP contribution in [0.1, 0.15) is 44.1 Å². The molecule has 1 aromatic carbocycles. The highest BCUT2D eigenvalue weighted by molar-refractivity contribution is 6.35. The Morgan fingerprint density at radius 2 is 1.84 bits per heavy atom. The van der Waals surface area contributed by atoms with Crippen molar-refractivity contribution in [2.24, 2.45) is 28.6 Å². The van der Waals surface area contributed by atoms with Crippen molar-refractivity contribution in [1.29, 1.82) is 0 Å². The van der Waals surface area contributed by atoms with Gasteiger partial charge in [-0.25, -0.2) is 0 Å². The van der Waals surface area contributed by atoms with E-state index in [2.05, 4.69) is 10.2 Å². The van der Waals surface area contributed by atoms with Crippen molar-refractivity contribution in [1.82, 2.24) is 15.1 Å². The normalized spacial score (nSPS) is 36.9. The largest absolute Gasteiger partial charge is 0.347 e. The van der Waals surface area contributed by atoms with Crippen LogP contribution in [0.3, 0.4) is 0 Å². The van der Waals surface area contributed by atoms with Gasteiger partial charge in [-0.1, -0.05) is 29.3 Å². The van der Waals surface area contributed by atoms with Gasteiger partial charge in [0.05, 0.1) is 6.54 Å². The van der Waals surface area contributed by atoms with Gasteiger partial charge >= 0.3 is 0 Å². The Hall–Kier alpha value is -1.30. The molecule has 0 radical (unpaired) electrons. The van der Waals surface area contributed by atoms with E-state index in [1.165, 1.54) is 32.1 Å². The first kappa shape index (κ1) is 21.2. The molecular formula is C25H31Cl2N3O2. The van der Waals surface area contributed by atoms with Crippen molar-refractivity contribution >= 4 is 35.0 Å². The third kappa shape index (κ3) is 3.14. The smallest absolute Gasteiger partial charge is 0.242 e. The number of hydrogen-bond acceptors (Lipinski definition) is 3. The first-order valence-electron chi connectivity index (χ1n) is 12.1. The summed E-state index contributed by atoms with van der Waals surface area (Å²) in [5, 5.41) is 4.28. The van der Waals surface area contributed by atoms with Crippen LogP contribution >= 0.6 is 23.2 Å². The third-order valence-electron chi connectivity index (χ3n) is 9.64.